The molecule has 0 saturated carbocycles. The molecule has 1 aromatic rings. The van der Waals surface area contributed by atoms with Crippen molar-refractivity contribution in [1.82, 2.24) is 4.90 Å². The second-order valence-corrected chi connectivity index (χ2v) is 5.38. The van der Waals surface area contributed by atoms with Gasteiger partial charge in [-0.1, -0.05) is 44.9 Å². The molecule has 22 heavy (non-hydrogen) atoms. The third kappa shape index (κ3) is 5.17. The SMILES string of the molecule is CCCCN(CCCC)C(=O)C(=O)N(CC)c1ccccc1. The number of benzene rings is 1. The second kappa shape index (κ2) is 9.98. The molecule has 1 rings (SSSR count). The van der Waals surface area contributed by atoms with E-state index in [1.807, 2.05) is 37.3 Å². The number of carbonyl (C=O) groups is 2. The highest BCUT2D eigenvalue weighted by molar-refractivity contribution is 6.40. The number of hydrogen-bond acceptors (Lipinski definition) is 2. The molecule has 0 aromatic heterocycles. The monoisotopic (exact) mass is 304 g/mol. The summed E-state index contributed by atoms with van der Waals surface area (Å²) in [5.74, 6) is -0.812. The summed E-state index contributed by atoms with van der Waals surface area (Å²) in [6.07, 6.45) is 3.89. The van der Waals surface area contributed by atoms with Gasteiger partial charge in [-0.3, -0.25) is 9.59 Å². The summed E-state index contributed by atoms with van der Waals surface area (Å²) in [5.41, 5.74) is 0.772. The maximum atomic E-state index is 12.6. The molecule has 0 saturated heterocycles. The zero-order valence-corrected chi connectivity index (χ0v) is 14.0. The predicted octanol–water partition coefficient (Wildman–Crippen LogP) is 3.47. The van der Waals surface area contributed by atoms with Crippen LogP contribution in [0.5, 0.6) is 0 Å². The van der Waals surface area contributed by atoms with Gasteiger partial charge in [-0.05, 0) is 31.9 Å². The van der Waals surface area contributed by atoms with E-state index in [0.29, 0.717) is 19.6 Å². The van der Waals surface area contributed by atoms with Crippen LogP contribution in [0.2, 0.25) is 0 Å². The van der Waals surface area contributed by atoms with E-state index >= 15 is 0 Å². The summed E-state index contributed by atoms with van der Waals surface area (Å²) in [7, 11) is 0. The number of likely N-dealkylation sites (N-methyl/N-ethyl adjacent to an activating group) is 1. The molecule has 0 heterocycles. The minimum Gasteiger partial charge on any atom is -0.334 e. The molecule has 0 aliphatic heterocycles. The van der Waals surface area contributed by atoms with Gasteiger partial charge in [-0.15, -0.1) is 0 Å². The number of nitrogens with zero attached hydrogens (tertiary/aromatic N) is 2. The van der Waals surface area contributed by atoms with Crippen LogP contribution in [-0.2, 0) is 9.59 Å². The van der Waals surface area contributed by atoms with E-state index in [0.717, 1.165) is 31.4 Å². The number of rotatable bonds is 8. The van der Waals surface area contributed by atoms with Crippen LogP contribution in [0.1, 0.15) is 46.5 Å². The van der Waals surface area contributed by atoms with Crippen molar-refractivity contribution in [2.75, 3.05) is 24.5 Å². The number of amides is 2. The average molecular weight is 304 g/mol. The number of unbranched alkanes of at least 4 members (excludes halogenated alkanes) is 2. The molecule has 1 aromatic carbocycles. The van der Waals surface area contributed by atoms with Crippen LogP contribution in [0.25, 0.3) is 0 Å². The van der Waals surface area contributed by atoms with Gasteiger partial charge in [0.15, 0.2) is 0 Å². The van der Waals surface area contributed by atoms with Crippen molar-refractivity contribution in [2.45, 2.75) is 46.5 Å². The lowest BCUT2D eigenvalue weighted by molar-refractivity contribution is -0.144. The molecule has 0 atom stereocenters. The Morgan fingerprint density at radius 3 is 1.86 bits per heavy atom. The molecule has 4 heteroatoms. The molecule has 2 amide bonds. The van der Waals surface area contributed by atoms with E-state index < -0.39 is 5.91 Å². The maximum absolute atomic E-state index is 12.6. The lowest BCUT2D eigenvalue weighted by Crippen LogP contribution is -2.46. The van der Waals surface area contributed by atoms with E-state index in [4.69, 9.17) is 0 Å². The van der Waals surface area contributed by atoms with Crippen LogP contribution in [0.3, 0.4) is 0 Å². The minimum absolute atomic E-state index is 0.382. The number of hydrogen-bond donors (Lipinski definition) is 0. The Morgan fingerprint density at radius 1 is 0.864 bits per heavy atom. The Hall–Kier alpha value is -1.84. The van der Waals surface area contributed by atoms with Gasteiger partial charge >= 0.3 is 11.8 Å². The van der Waals surface area contributed by atoms with Crippen LogP contribution < -0.4 is 4.90 Å². The van der Waals surface area contributed by atoms with Crippen LogP contribution in [0.4, 0.5) is 5.69 Å². The minimum atomic E-state index is -0.430. The summed E-state index contributed by atoms with van der Waals surface area (Å²) in [6.45, 7) is 7.88. The van der Waals surface area contributed by atoms with Crippen LogP contribution in [0.15, 0.2) is 30.3 Å². The van der Waals surface area contributed by atoms with E-state index in [2.05, 4.69) is 13.8 Å². The molecule has 0 bridgehead atoms. The molecule has 0 spiro atoms. The number of para-hydroxylation sites is 1. The fourth-order valence-electron chi connectivity index (χ4n) is 2.31. The molecule has 4 nitrogen and oxygen atoms in total. The van der Waals surface area contributed by atoms with Gasteiger partial charge in [0.1, 0.15) is 0 Å². The Morgan fingerprint density at radius 2 is 1.41 bits per heavy atom. The van der Waals surface area contributed by atoms with Crippen molar-refractivity contribution in [3.05, 3.63) is 30.3 Å². The second-order valence-electron chi connectivity index (χ2n) is 5.38. The normalized spacial score (nSPS) is 10.3. The Bertz CT molecular complexity index is 451. The van der Waals surface area contributed by atoms with Crippen molar-refractivity contribution in [3.63, 3.8) is 0 Å². The number of anilines is 1. The van der Waals surface area contributed by atoms with Crippen LogP contribution in [0, 0.1) is 0 Å². The van der Waals surface area contributed by atoms with Gasteiger partial charge < -0.3 is 9.80 Å². The Labute approximate surface area is 134 Å². The van der Waals surface area contributed by atoms with Crippen molar-refractivity contribution in [1.29, 1.82) is 0 Å². The van der Waals surface area contributed by atoms with Gasteiger partial charge in [-0.25, -0.2) is 0 Å². The molecule has 0 radical (unpaired) electrons. The van der Waals surface area contributed by atoms with Crippen LogP contribution >= 0.6 is 0 Å². The van der Waals surface area contributed by atoms with Gasteiger partial charge in [0, 0.05) is 25.3 Å². The summed E-state index contributed by atoms with van der Waals surface area (Å²) in [4.78, 5) is 28.4. The highest BCUT2D eigenvalue weighted by atomic mass is 16.2. The largest absolute Gasteiger partial charge is 0.334 e. The fourth-order valence-corrected chi connectivity index (χ4v) is 2.31. The Balaban J connectivity index is 2.83. The molecule has 0 N–H and O–H groups in total. The topological polar surface area (TPSA) is 40.6 Å². The zero-order valence-electron chi connectivity index (χ0n) is 14.0. The first-order chi connectivity index (χ1) is 10.7. The standard InChI is InChI=1S/C18H28N2O2/c1-4-7-14-19(15-8-5-2)17(21)18(22)20(6-3)16-12-10-9-11-13-16/h9-13H,4-8,14-15H2,1-3H3. The van der Waals surface area contributed by atoms with Crippen LogP contribution in [-0.4, -0.2) is 36.3 Å². The first-order valence-electron chi connectivity index (χ1n) is 8.31. The smallest absolute Gasteiger partial charge is 0.316 e. The molecular formula is C18H28N2O2. The van der Waals surface area contributed by atoms with Gasteiger partial charge in [-0.2, -0.15) is 0 Å². The maximum Gasteiger partial charge on any atom is 0.316 e. The van der Waals surface area contributed by atoms with E-state index in [-0.39, 0.29) is 5.91 Å². The fraction of sp³-hybridized carbons (Fsp3) is 0.556. The summed E-state index contributed by atoms with van der Waals surface area (Å²) < 4.78 is 0. The van der Waals surface area contributed by atoms with Crippen molar-refractivity contribution < 1.29 is 9.59 Å². The third-order valence-electron chi connectivity index (χ3n) is 3.66. The van der Waals surface area contributed by atoms with Crippen molar-refractivity contribution >= 4 is 17.5 Å². The highest BCUT2D eigenvalue weighted by Gasteiger charge is 2.26. The molecule has 122 valence electrons. The van der Waals surface area contributed by atoms with E-state index in [1.165, 1.54) is 0 Å². The highest BCUT2D eigenvalue weighted by Crippen LogP contribution is 2.14. The molecule has 0 aliphatic rings. The summed E-state index contributed by atoms with van der Waals surface area (Å²) >= 11 is 0. The van der Waals surface area contributed by atoms with E-state index in [9.17, 15) is 9.59 Å². The summed E-state index contributed by atoms with van der Waals surface area (Å²) in [5, 5.41) is 0. The van der Waals surface area contributed by atoms with Gasteiger partial charge in [0.05, 0.1) is 0 Å². The average Bonchev–Trinajstić information content (AvgIpc) is 2.56. The van der Waals surface area contributed by atoms with E-state index in [1.54, 1.807) is 9.80 Å². The van der Waals surface area contributed by atoms with Gasteiger partial charge in [0.2, 0.25) is 0 Å². The molecule has 0 aliphatic carbocycles. The first kappa shape index (κ1) is 18.2. The molecular weight excluding hydrogens is 276 g/mol. The summed E-state index contributed by atoms with van der Waals surface area (Å²) in [6, 6.07) is 9.37. The van der Waals surface area contributed by atoms with Gasteiger partial charge in [0.25, 0.3) is 0 Å². The lowest BCUT2D eigenvalue weighted by Gasteiger charge is -2.26. The van der Waals surface area contributed by atoms with Crippen molar-refractivity contribution in [2.24, 2.45) is 0 Å². The zero-order chi connectivity index (χ0) is 16.4. The predicted molar refractivity (Wildman–Crippen MR) is 90.9 cm³/mol. The molecule has 0 fully saturated rings. The lowest BCUT2D eigenvalue weighted by atomic mass is 10.2. The molecule has 0 unspecified atom stereocenters. The quantitative estimate of drug-likeness (QED) is 0.690. The third-order valence-corrected chi connectivity index (χ3v) is 3.66. The van der Waals surface area contributed by atoms with Crippen molar-refractivity contribution in [3.8, 4) is 0 Å². The number of carbonyl (C=O) groups excluding carboxylic acids is 2. The Kier molecular flexibility index (Phi) is 8.26. The first-order valence-corrected chi connectivity index (χ1v) is 8.31.